The van der Waals surface area contributed by atoms with E-state index in [2.05, 4.69) is 4.99 Å². The number of carbonyl (C=O) groups is 1. The van der Waals surface area contributed by atoms with Gasteiger partial charge in [0.15, 0.2) is 5.96 Å². The number of carboxylic acid groups (broad SMARTS) is 1. The molecule has 6 nitrogen and oxygen atoms in total. The van der Waals surface area contributed by atoms with Crippen LogP contribution in [0.1, 0.15) is 26.7 Å². The van der Waals surface area contributed by atoms with Gasteiger partial charge < -0.3 is 22.3 Å². The molecule has 0 aromatic rings. The maximum Gasteiger partial charge on any atom is 0.320 e. The minimum atomic E-state index is -0.989. The molecule has 7 N–H and O–H groups in total. The SMILES string of the molecule is C/C(CCN=C(N)N)=C(/C)CC(N)C(=O)O. The first-order chi connectivity index (χ1) is 7.34. The largest absolute Gasteiger partial charge is 0.480 e. The van der Waals surface area contributed by atoms with E-state index in [1.165, 1.54) is 0 Å². The first-order valence-corrected chi connectivity index (χ1v) is 5.03. The fourth-order valence-electron chi connectivity index (χ4n) is 1.16. The molecule has 0 aliphatic rings. The van der Waals surface area contributed by atoms with Gasteiger partial charge in [0.05, 0.1) is 0 Å². The molecule has 0 radical (unpaired) electrons. The predicted octanol–water partition coefficient (Wildman–Crippen LogP) is -0.212. The van der Waals surface area contributed by atoms with Gasteiger partial charge in [0, 0.05) is 6.54 Å². The van der Waals surface area contributed by atoms with Crippen LogP contribution in [0.2, 0.25) is 0 Å². The van der Waals surface area contributed by atoms with Crippen LogP contribution in [0, 0.1) is 0 Å². The molecule has 1 unspecified atom stereocenters. The van der Waals surface area contributed by atoms with Gasteiger partial charge >= 0.3 is 5.97 Å². The van der Waals surface area contributed by atoms with Crippen LogP contribution >= 0.6 is 0 Å². The van der Waals surface area contributed by atoms with E-state index in [1.54, 1.807) is 0 Å². The molecule has 0 spiro atoms. The molecule has 1 atom stereocenters. The number of nitrogens with zero attached hydrogens (tertiary/aromatic N) is 1. The van der Waals surface area contributed by atoms with Gasteiger partial charge in [0.1, 0.15) is 6.04 Å². The third-order valence-corrected chi connectivity index (χ3v) is 2.35. The lowest BCUT2D eigenvalue weighted by molar-refractivity contribution is -0.138. The van der Waals surface area contributed by atoms with E-state index in [0.717, 1.165) is 11.1 Å². The number of carboxylic acids is 1. The smallest absolute Gasteiger partial charge is 0.320 e. The number of rotatable bonds is 6. The van der Waals surface area contributed by atoms with Crippen molar-refractivity contribution in [1.82, 2.24) is 0 Å². The normalized spacial score (nSPS) is 13.9. The van der Waals surface area contributed by atoms with Crippen LogP contribution in [0.4, 0.5) is 0 Å². The third-order valence-electron chi connectivity index (χ3n) is 2.35. The minimum absolute atomic E-state index is 0.0627. The topological polar surface area (TPSA) is 128 Å². The maximum atomic E-state index is 10.6. The van der Waals surface area contributed by atoms with Gasteiger partial charge in [-0.25, -0.2) is 0 Å². The van der Waals surface area contributed by atoms with Crippen LogP contribution in [0.5, 0.6) is 0 Å². The van der Waals surface area contributed by atoms with Crippen molar-refractivity contribution in [3.8, 4) is 0 Å². The lowest BCUT2D eigenvalue weighted by Crippen LogP contribution is -2.30. The Kier molecular flexibility index (Phi) is 6.17. The highest BCUT2D eigenvalue weighted by atomic mass is 16.4. The molecular formula is C10H20N4O2. The Bertz CT molecular complexity index is 306. The van der Waals surface area contributed by atoms with E-state index in [0.29, 0.717) is 19.4 Å². The van der Waals surface area contributed by atoms with Gasteiger partial charge in [-0.1, -0.05) is 11.1 Å². The average molecular weight is 228 g/mol. The number of hydrogen-bond donors (Lipinski definition) is 4. The molecule has 16 heavy (non-hydrogen) atoms. The van der Waals surface area contributed by atoms with Gasteiger partial charge in [-0.05, 0) is 26.7 Å². The summed E-state index contributed by atoms with van der Waals surface area (Å²) in [6.07, 6.45) is 1.05. The second-order valence-electron chi connectivity index (χ2n) is 3.77. The van der Waals surface area contributed by atoms with E-state index in [9.17, 15) is 4.79 Å². The fraction of sp³-hybridized carbons (Fsp3) is 0.600. The second-order valence-corrected chi connectivity index (χ2v) is 3.77. The average Bonchev–Trinajstić information content (AvgIpc) is 2.16. The number of nitrogens with two attached hydrogens (primary N) is 3. The highest BCUT2D eigenvalue weighted by Crippen LogP contribution is 2.13. The molecule has 0 saturated carbocycles. The van der Waals surface area contributed by atoms with Crippen LogP contribution in [-0.4, -0.2) is 29.6 Å². The number of aliphatic carboxylic acids is 1. The summed E-state index contributed by atoms with van der Waals surface area (Å²) in [7, 11) is 0. The van der Waals surface area contributed by atoms with Crippen molar-refractivity contribution in [1.29, 1.82) is 0 Å². The first kappa shape index (κ1) is 14.4. The first-order valence-electron chi connectivity index (χ1n) is 5.03. The lowest BCUT2D eigenvalue weighted by atomic mass is 10.0. The molecule has 0 rings (SSSR count). The molecule has 0 aliphatic carbocycles. The summed E-state index contributed by atoms with van der Waals surface area (Å²) in [4.78, 5) is 14.4. The van der Waals surface area contributed by atoms with E-state index in [1.807, 2.05) is 13.8 Å². The Labute approximate surface area is 95.2 Å². The Morgan fingerprint density at radius 2 is 1.88 bits per heavy atom. The summed E-state index contributed by atoms with van der Waals surface area (Å²) < 4.78 is 0. The van der Waals surface area contributed by atoms with Crippen molar-refractivity contribution in [3.05, 3.63) is 11.1 Å². The number of guanidine groups is 1. The minimum Gasteiger partial charge on any atom is -0.480 e. The summed E-state index contributed by atoms with van der Waals surface area (Å²) in [6.45, 7) is 4.30. The van der Waals surface area contributed by atoms with Gasteiger partial charge in [0.25, 0.3) is 0 Å². The van der Waals surface area contributed by atoms with Crippen LogP contribution in [0.3, 0.4) is 0 Å². The molecule has 0 aromatic heterocycles. The van der Waals surface area contributed by atoms with E-state index in [4.69, 9.17) is 22.3 Å². The molecule has 0 aromatic carbocycles. The van der Waals surface area contributed by atoms with Crippen molar-refractivity contribution in [2.75, 3.05) is 6.54 Å². The molecule has 0 bridgehead atoms. The van der Waals surface area contributed by atoms with Crippen LogP contribution in [-0.2, 0) is 4.79 Å². The third kappa shape index (κ3) is 6.02. The van der Waals surface area contributed by atoms with Gasteiger partial charge in [0.2, 0.25) is 0 Å². The van der Waals surface area contributed by atoms with Crippen LogP contribution in [0.25, 0.3) is 0 Å². The summed E-state index contributed by atoms with van der Waals surface area (Å²) in [5.41, 5.74) is 17.9. The molecule has 0 saturated heterocycles. The zero-order valence-corrected chi connectivity index (χ0v) is 9.73. The molecule has 0 aliphatic heterocycles. The van der Waals surface area contributed by atoms with Gasteiger partial charge in [-0.3, -0.25) is 9.79 Å². The van der Waals surface area contributed by atoms with Crippen molar-refractivity contribution in [3.63, 3.8) is 0 Å². The summed E-state index contributed by atoms with van der Waals surface area (Å²) >= 11 is 0. The quantitative estimate of drug-likeness (QED) is 0.284. The molecule has 0 fully saturated rings. The zero-order valence-electron chi connectivity index (χ0n) is 9.73. The molecular weight excluding hydrogens is 208 g/mol. The highest BCUT2D eigenvalue weighted by molar-refractivity contribution is 5.75. The maximum absolute atomic E-state index is 10.6. The van der Waals surface area contributed by atoms with Crippen molar-refractivity contribution in [2.24, 2.45) is 22.2 Å². The second kappa shape index (κ2) is 6.84. The Hall–Kier alpha value is -1.56. The predicted molar refractivity (Wildman–Crippen MR) is 63.9 cm³/mol. The number of hydrogen-bond acceptors (Lipinski definition) is 3. The van der Waals surface area contributed by atoms with E-state index < -0.39 is 12.0 Å². The van der Waals surface area contributed by atoms with E-state index >= 15 is 0 Å². The van der Waals surface area contributed by atoms with Crippen LogP contribution < -0.4 is 17.2 Å². The lowest BCUT2D eigenvalue weighted by Gasteiger charge is -2.10. The molecule has 6 heteroatoms. The molecule has 92 valence electrons. The summed E-state index contributed by atoms with van der Waals surface area (Å²) in [5, 5.41) is 8.66. The van der Waals surface area contributed by atoms with Crippen molar-refractivity contribution in [2.45, 2.75) is 32.7 Å². The van der Waals surface area contributed by atoms with Gasteiger partial charge in [-0.2, -0.15) is 0 Å². The molecule has 0 amide bonds. The Morgan fingerprint density at radius 1 is 1.31 bits per heavy atom. The van der Waals surface area contributed by atoms with Crippen molar-refractivity contribution >= 4 is 11.9 Å². The Morgan fingerprint density at radius 3 is 2.31 bits per heavy atom. The highest BCUT2D eigenvalue weighted by Gasteiger charge is 2.12. The van der Waals surface area contributed by atoms with Crippen LogP contribution in [0.15, 0.2) is 16.1 Å². The van der Waals surface area contributed by atoms with Crippen molar-refractivity contribution < 1.29 is 9.90 Å². The molecule has 0 heterocycles. The Balaban J connectivity index is 4.25. The zero-order chi connectivity index (χ0) is 12.7. The fourth-order valence-corrected chi connectivity index (χ4v) is 1.16. The summed E-state index contributed by atoms with van der Waals surface area (Å²) in [6, 6.07) is -0.849. The monoisotopic (exact) mass is 228 g/mol. The summed E-state index contributed by atoms with van der Waals surface area (Å²) in [5.74, 6) is -0.927. The standard InChI is InChI=1S/C10H20N4O2/c1-6(3-4-14-10(12)13)7(2)5-8(11)9(15)16/h8H,3-5,11H2,1-2H3,(H,15,16)(H4,12,13,14)/b7-6+. The van der Waals surface area contributed by atoms with E-state index in [-0.39, 0.29) is 5.96 Å². The number of aliphatic imine (C=N–C) groups is 1. The van der Waals surface area contributed by atoms with Gasteiger partial charge in [-0.15, -0.1) is 0 Å².